The average molecular weight is 280 g/mol. The summed E-state index contributed by atoms with van der Waals surface area (Å²) in [6.07, 6.45) is 2.22. The Morgan fingerprint density at radius 1 is 0.905 bits per heavy atom. The quantitative estimate of drug-likeness (QED) is 0.661. The largest absolute Gasteiger partial charge is 0.271 e. The van der Waals surface area contributed by atoms with Gasteiger partial charge in [0.2, 0.25) is 0 Å². The summed E-state index contributed by atoms with van der Waals surface area (Å²) in [5.41, 5.74) is 8.66. The van der Waals surface area contributed by atoms with Gasteiger partial charge in [0.15, 0.2) is 0 Å². The molecule has 0 bridgehead atoms. The van der Waals surface area contributed by atoms with Crippen molar-refractivity contribution in [3.8, 4) is 0 Å². The zero-order valence-electron chi connectivity index (χ0n) is 12.8. The van der Waals surface area contributed by atoms with Crippen LogP contribution in [0.2, 0.25) is 0 Å². The highest BCUT2D eigenvalue weighted by atomic mass is 15.2. The van der Waals surface area contributed by atoms with Crippen LogP contribution in [0.1, 0.15) is 48.1 Å². The zero-order chi connectivity index (χ0) is 14.8. The highest BCUT2D eigenvalue weighted by Crippen LogP contribution is 2.35. The van der Waals surface area contributed by atoms with Crippen LogP contribution in [0, 0.1) is 5.92 Å². The van der Waals surface area contributed by atoms with Gasteiger partial charge < -0.3 is 0 Å². The Morgan fingerprint density at radius 3 is 1.90 bits per heavy atom. The first-order chi connectivity index (χ1) is 10.2. The summed E-state index contributed by atoms with van der Waals surface area (Å²) in [5.74, 6) is 6.98. The van der Waals surface area contributed by atoms with Gasteiger partial charge in [0.25, 0.3) is 0 Å². The molecule has 110 valence electrons. The Balaban J connectivity index is 1.80. The summed E-state index contributed by atoms with van der Waals surface area (Å²) in [6.45, 7) is 4.45. The topological polar surface area (TPSA) is 38.0 Å². The van der Waals surface area contributed by atoms with E-state index in [9.17, 15) is 0 Å². The molecule has 2 aromatic rings. The Hall–Kier alpha value is -1.64. The van der Waals surface area contributed by atoms with Gasteiger partial charge >= 0.3 is 0 Å². The molecule has 2 nitrogen and oxygen atoms in total. The van der Waals surface area contributed by atoms with Crippen LogP contribution in [-0.4, -0.2) is 0 Å². The minimum Gasteiger partial charge on any atom is -0.271 e. The Morgan fingerprint density at radius 2 is 1.43 bits per heavy atom. The number of nitrogens with two attached hydrogens (primary N) is 1. The lowest BCUT2D eigenvalue weighted by molar-refractivity contribution is 0.379. The number of benzene rings is 2. The molecule has 1 aliphatic carbocycles. The standard InChI is InChI=1S/C19H24N2/c1-13(2)14-7-9-15(10-8-14)19(21-20)18-11-16-5-3-4-6-17(16)12-18/h3-10,13,18-19,21H,11-12,20H2,1-2H3. The van der Waals surface area contributed by atoms with Crippen molar-refractivity contribution in [1.29, 1.82) is 0 Å². The number of hydrogen-bond acceptors (Lipinski definition) is 2. The van der Waals surface area contributed by atoms with Crippen molar-refractivity contribution in [2.24, 2.45) is 11.8 Å². The number of rotatable bonds is 4. The monoisotopic (exact) mass is 280 g/mol. The van der Waals surface area contributed by atoms with Crippen LogP contribution in [0.5, 0.6) is 0 Å². The van der Waals surface area contributed by atoms with E-state index in [1.54, 1.807) is 0 Å². The molecule has 1 atom stereocenters. The Labute approximate surface area is 127 Å². The molecule has 3 N–H and O–H groups in total. The first-order valence-electron chi connectivity index (χ1n) is 7.82. The van der Waals surface area contributed by atoms with Gasteiger partial charge in [-0.25, -0.2) is 0 Å². The molecular weight excluding hydrogens is 256 g/mol. The van der Waals surface area contributed by atoms with Crippen molar-refractivity contribution in [1.82, 2.24) is 5.43 Å². The first-order valence-corrected chi connectivity index (χ1v) is 7.82. The van der Waals surface area contributed by atoms with Crippen molar-refractivity contribution < 1.29 is 0 Å². The van der Waals surface area contributed by atoms with Crippen LogP contribution in [0.15, 0.2) is 48.5 Å². The number of fused-ring (bicyclic) bond motifs is 1. The maximum atomic E-state index is 5.87. The second-order valence-corrected chi connectivity index (χ2v) is 6.40. The second-order valence-electron chi connectivity index (χ2n) is 6.40. The van der Waals surface area contributed by atoms with Crippen LogP contribution in [0.4, 0.5) is 0 Å². The van der Waals surface area contributed by atoms with Crippen LogP contribution in [0.25, 0.3) is 0 Å². The van der Waals surface area contributed by atoms with E-state index in [1.165, 1.54) is 22.3 Å². The molecule has 1 aliphatic rings. The summed E-state index contributed by atoms with van der Waals surface area (Å²) in [5, 5.41) is 0. The molecule has 0 aromatic heterocycles. The van der Waals surface area contributed by atoms with E-state index < -0.39 is 0 Å². The van der Waals surface area contributed by atoms with E-state index in [1.807, 2.05) is 0 Å². The summed E-state index contributed by atoms with van der Waals surface area (Å²) in [4.78, 5) is 0. The molecule has 0 saturated heterocycles. The Kier molecular flexibility index (Phi) is 4.09. The fourth-order valence-corrected chi connectivity index (χ4v) is 3.42. The smallest absolute Gasteiger partial charge is 0.0494 e. The van der Waals surface area contributed by atoms with E-state index in [2.05, 4.69) is 67.8 Å². The molecular formula is C19H24N2. The summed E-state index contributed by atoms with van der Waals surface area (Å²) < 4.78 is 0. The van der Waals surface area contributed by atoms with Crippen LogP contribution < -0.4 is 11.3 Å². The minimum absolute atomic E-state index is 0.221. The molecule has 2 aromatic carbocycles. The van der Waals surface area contributed by atoms with Crippen molar-refractivity contribution in [3.05, 3.63) is 70.8 Å². The van der Waals surface area contributed by atoms with E-state index in [0.29, 0.717) is 11.8 Å². The summed E-state index contributed by atoms with van der Waals surface area (Å²) in [7, 11) is 0. The highest BCUT2D eigenvalue weighted by molar-refractivity contribution is 5.35. The van der Waals surface area contributed by atoms with Crippen molar-refractivity contribution in [2.75, 3.05) is 0 Å². The molecule has 0 aliphatic heterocycles. The summed E-state index contributed by atoms with van der Waals surface area (Å²) in [6, 6.07) is 17.9. The average Bonchev–Trinajstić information content (AvgIpc) is 2.92. The fourth-order valence-electron chi connectivity index (χ4n) is 3.42. The third kappa shape index (κ3) is 2.87. The van der Waals surface area contributed by atoms with Crippen LogP contribution >= 0.6 is 0 Å². The van der Waals surface area contributed by atoms with Crippen molar-refractivity contribution >= 4 is 0 Å². The molecule has 0 saturated carbocycles. The molecule has 1 unspecified atom stereocenters. The van der Waals surface area contributed by atoms with Gasteiger partial charge in [-0.1, -0.05) is 62.4 Å². The van der Waals surface area contributed by atoms with Crippen LogP contribution in [-0.2, 0) is 12.8 Å². The molecule has 3 rings (SSSR count). The minimum atomic E-state index is 0.221. The molecule has 0 spiro atoms. The zero-order valence-corrected chi connectivity index (χ0v) is 12.8. The molecule has 0 heterocycles. The van der Waals surface area contributed by atoms with Crippen molar-refractivity contribution in [3.63, 3.8) is 0 Å². The van der Waals surface area contributed by atoms with Crippen molar-refractivity contribution in [2.45, 2.75) is 38.6 Å². The second kappa shape index (κ2) is 6.00. The van der Waals surface area contributed by atoms with Gasteiger partial charge in [0.1, 0.15) is 0 Å². The molecule has 2 heteroatoms. The maximum absolute atomic E-state index is 5.87. The van der Waals surface area contributed by atoms with Gasteiger partial charge in [-0.3, -0.25) is 11.3 Å². The molecule has 21 heavy (non-hydrogen) atoms. The summed E-state index contributed by atoms with van der Waals surface area (Å²) >= 11 is 0. The lowest BCUT2D eigenvalue weighted by Crippen LogP contribution is -2.34. The van der Waals surface area contributed by atoms with E-state index in [4.69, 9.17) is 5.84 Å². The predicted molar refractivity (Wildman–Crippen MR) is 87.9 cm³/mol. The molecule has 0 amide bonds. The lowest BCUT2D eigenvalue weighted by atomic mass is 9.90. The highest BCUT2D eigenvalue weighted by Gasteiger charge is 2.28. The van der Waals surface area contributed by atoms with Crippen LogP contribution in [0.3, 0.4) is 0 Å². The third-order valence-corrected chi connectivity index (χ3v) is 4.70. The first kappa shape index (κ1) is 14.3. The normalized spacial score (nSPS) is 16.2. The molecule has 0 radical (unpaired) electrons. The van der Waals surface area contributed by atoms with E-state index >= 15 is 0 Å². The van der Waals surface area contributed by atoms with Gasteiger partial charge in [-0.15, -0.1) is 0 Å². The third-order valence-electron chi connectivity index (χ3n) is 4.70. The number of nitrogens with one attached hydrogen (secondary N) is 1. The number of hydrazine groups is 1. The Bertz CT molecular complexity index is 576. The maximum Gasteiger partial charge on any atom is 0.0494 e. The lowest BCUT2D eigenvalue weighted by Gasteiger charge is -2.23. The SMILES string of the molecule is CC(C)c1ccc(C(NN)C2Cc3ccccc3C2)cc1. The molecule has 0 fully saturated rings. The number of hydrogen-bond donors (Lipinski definition) is 2. The fraction of sp³-hybridized carbons (Fsp3) is 0.368. The van der Waals surface area contributed by atoms with Gasteiger partial charge in [-0.05, 0) is 46.9 Å². The van der Waals surface area contributed by atoms with E-state index in [-0.39, 0.29) is 6.04 Å². The van der Waals surface area contributed by atoms with Gasteiger partial charge in [0, 0.05) is 6.04 Å². The predicted octanol–water partition coefficient (Wildman–Crippen LogP) is 3.73. The van der Waals surface area contributed by atoms with Gasteiger partial charge in [0.05, 0.1) is 0 Å². The van der Waals surface area contributed by atoms with E-state index in [0.717, 1.165) is 12.8 Å². The van der Waals surface area contributed by atoms with Gasteiger partial charge in [-0.2, -0.15) is 0 Å².